The zero-order valence-corrected chi connectivity index (χ0v) is 8.19. The average Bonchev–Trinajstić information content (AvgIpc) is 2.25. The molecule has 1 aromatic rings. The van der Waals surface area contributed by atoms with Crippen LogP contribution in [-0.2, 0) is 4.79 Å². The lowest BCUT2D eigenvalue weighted by Crippen LogP contribution is -2.16. The molecular formula is C13H11FO. The summed E-state index contributed by atoms with van der Waals surface area (Å²) < 4.78 is 12.8. The fourth-order valence-corrected chi connectivity index (χ4v) is 1.54. The topological polar surface area (TPSA) is 17.1 Å². The van der Waals surface area contributed by atoms with Gasteiger partial charge in [-0.2, -0.15) is 0 Å². The predicted octanol–water partition coefficient (Wildman–Crippen LogP) is 2.94. The van der Waals surface area contributed by atoms with Crippen molar-refractivity contribution >= 4 is 11.9 Å². The molecular weight excluding hydrogens is 191 g/mol. The van der Waals surface area contributed by atoms with E-state index in [4.69, 9.17) is 0 Å². The number of benzene rings is 1. The molecule has 0 amide bonds. The van der Waals surface area contributed by atoms with Gasteiger partial charge in [-0.15, -0.1) is 0 Å². The first kappa shape index (κ1) is 9.84. The van der Waals surface area contributed by atoms with Gasteiger partial charge in [-0.1, -0.05) is 42.5 Å². The van der Waals surface area contributed by atoms with Crippen molar-refractivity contribution in [3.05, 3.63) is 53.6 Å². The van der Waals surface area contributed by atoms with E-state index in [0.29, 0.717) is 0 Å². The Hall–Kier alpha value is -1.70. The van der Waals surface area contributed by atoms with Crippen LogP contribution in [0.15, 0.2) is 48.1 Å². The number of hydrogen-bond donors (Lipinski definition) is 0. The number of Topliss-reactive ketones (excluding diaryl/α,β-unsaturated/α-hetero) is 1. The largest absolute Gasteiger partial charge is 0.296 e. The first-order valence-electron chi connectivity index (χ1n) is 4.86. The van der Waals surface area contributed by atoms with Crippen molar-refractivity contribution in [2.45, 2.75) is 12.6 Å². The number of allylic oxidation sites excluding steroid dienone is 3. The molecule has 2 heteroatoms. The fraction of sp³-hybridized carbons (Fsp3) is 0.154. The number of hydrogen-bond acceptors (Lipinski definition) is 1. The second kappa shape index (κ2) is 4.22. The lowest BCUT2D eigenvalue weighted by Gasteiger charge is -2.09. The van der Waals surface area contributed by atoms with Gasteiger partial charge in [0.05, 0.1) is 0 Å². The molecule has 0 N–H and O–H groups in total. The third-order valence-electron chi connectivity index (χ3n) is 2.32. The molecule has 1 unspecified atom stereocenters. The third-order valence-corrected chi connectivity index (χ3v) is 2.32. The minimum absolute atomic E-state index is 0.187. The van der Waals surface area contributed by atoms with Crippen molar-refractivity contribution in [1.29, 1.82) is 0 Å². The van der Waals surface area contributed by atoms with Gasteiger partial charge < -0.3 is 0 Å². The molecule has 0 aliphatic heterocycles. The summed E-state index contributed by atoms with van der Waals surface area (Å²) in [7, 11) is 0. The van der Waals surface area contributed by atoms with E-state index in [0.717, 1.165) is 11.1 Å². The first-order valence-corrected chi connectivity index (χ1v) is 4.86. The Kier molecular flexibility index (Phi) is 2.77. The van der Waals surface area contributed by atoms with Crippen molar-refractivity contribution in [3.8, 4) is 0 Å². The van der Waals surface area contributed by atoms with Gasteiger partial charge in [0.2, 0.25) is 0 Å². The molecule has 0 aromatic heterocycles. The highest BCUT2D eigenvalue weighted by Crippen LogP contribution is 2.18. The van der Waals surface area contributed by atoms with Crippen LogP contribution in [0.4, 0.5) is 4.39 Å². The highest BCUT2D eigenvalue weighted by atomic mass is 19.1. The van der Waals surface area contributed by atoms with Gasteiger partial charge in [-0.05, 0) is 17.2 Å². The Balaban J connectivity index is 2.23. The van der Waals surface area contributed by atoms with Crippen molar-refractivity contribution in [1.82, 2.24) is 0 Å². The molecule has 0 saturated carbocycles. The maximum absolute atomic E-state index is 12.8. The summed E-state index contributed by atoms with van der Waals surface area (Å²) in [5.74, 6) is -0.361. The van der Waals surface area contributed by atoms with Crippen LogP contribution in [0.25, 0.3) is 6.08 Å². The first-order chi connectivity index (χ1) is 7.25. The standard InChI is InChI=1S/C13H11FO/c14-12-7-6-11(9-13(12)15)8-10-4-2-1-3-5-10/h1-8,12H,9H2. The lowest BCUT2D eigenvalue weighted by atomic mass is 9.97. The van der Waals surface area contributed by atoms with E-state index in [1.807, 2.05) is 36.4 Å². The smallest absolute Gasteiger partial charge is 0.177 e. The summed E-state index contributed by atoms with van der Waals surface area (Å²) in [5.41, 5.74) is 1.89. The van der Waals surface area contributed by atoms with Gasteiger partial charge >= 0.3 is 0 Å². The molecule has 0 bridgehead atoms. The Morgan fingerprint density at radius 1 is 1.27 bits per heavy atom. The van der Waals surface area contributed by atoms with E-state index in [-0.39, 0.29) is 12.2 Å². The molecule has 76 valence electrons. The van der Waals surface area contributed by atoms with Gasteiger partial charge in [-0.25, -0.2) is 4.39 Å². The number of ketones is 1. The van der Waals surface area contributed by atoms with Crippen LogP contribution in [0, 0.1) is 0 Å². The van der Waals surface area contributed by atoms with Crippen molar-refractivity contribution in [2.75, 3.05) is 0 Å². The minimum atomic E-state index is -1.42. The van der Waals surface area contributed by atoms with E-state index in [2.05, 4.69) is 0 Å². The molecule has 15 heavy (non-hydrogen) atoms. The number of rotatable bonds is 1. The van der Waals surface area contributed by atoms with E-state index in [1.165, 1.54) is 6.08 Å². The SMILES string of the molecule is O=C1CC(=Cc2ccccc2)C=CC1F. The van der Waals surface area contributed by atoms with Crippen LogP contribution in [0.2, 0.25) is 0 Å². The van der Waals surface area contributed by atoms with Gasteiger partial charge in [0.1, 0.15) is 0 Å². The highest BCUT2D eigenvalue weighted by Gasteiger charge is 2.18. The highest BCUT2D eigenvalue weighted by molar-refractivity contribution is 5.90. The number of alkyl halides is 1. The average molecular weight is 202 g/mol. The van der Waals surface area contributed by atoms with E-state index in [9.17, 15) is 9.18 Å². The molecule has 0 fully saturated rings. The molecule has 1 atom stereocenters. The quantitative estimate of drug-likeness (QED) is 0.684. The van der Waals surface area contributed by atoms with Crippen molar-refractivity contribution in [3.63, 3.8) is 0 Å². The molecule has 1 aromatic carbocycles. The number of carbonyl (C=O) groups is 1. The second-order valence-electron chi connectivity index (χ2n) is 3.53. The molecule has 0 saturated heterocycles. The van der Waals surface area contributed by atoms with E-state index < -0.39 is 6.17 Å². The van der Waals surface area contributed by atoms with E-state index >= 15 is 0 Å². The van der Waals surface area contributed by atoms with Crippen LogP contribution in [-0.4, -0.2) is 12.0 Å². The molecule has 1 aliphatic carbocycles. The summed E-state index contributed by atoms with van der Waals surface area (Å²) in [5, 5.41) is 0. The van der Waals surface area contributed by atoms with Crippen LogP contribution in [0.3, 0.4) is 0 Å². The lowest BCUT2D eigenvalue weighted by molar-refractivity contribution is -0.121. The summed E-state index contributed by atoms with van der Waals surface area (Å²) in [4.78, 5) is 11.1. The van der Waals surface area contributed by atoms with E-state index in [1.54, 1.807) is 6.08 Å². The van der Waals surface area contributed by atoms with Crippen LogP contribution >= 0.6 is 0 Å². The normalized spacial score (nSPS) is 23.4. The van der Waals surface area contributed by atoms with Gasteiger partial charge in [0.25, 0.3) is 0 Å². The summed E-state index contributed by atoms with van der Waals surface area (Å²) >= 11 is 0. The Morgan fingerprint density at radius 3 is 2.67 bits per heavy atom. The van der Waals surface area contributed by atoms with Crippen LogP contribution in [0.1, 0.15) is 12.0 Å². The predicted molar refractivity (Wildman–Crippen MR) is 58.1 cm³/mol. The van der Waals surface area contributed by atoms with Gasteiger partial charge in [-0.3, -0.25) is 4.79 Å². The zero-order chi connectivity index (χ0) is 10.7. The fourth-order valence-electron chi connectivity index (χ4n) is 1.54. The minimum Gasteiger partial charge on any atom is -0.296 e. The summed E-state index contributed by atoms with van der Waals surface area (Å²) in [6.07, 6.45) is 3.66. The Morgan fingerprint density at radius 2 is 2.00 bits per heavy atom. The van der Waals surface area contributed by atoms with Crippen LogP contribution < -0.4 is 0 Å². The molecule has 0 heterocycles. The number of halogens is 1. The maximum Gasteiger partial charge on any atom is 0.177 e. The van der Waals surface area contributed by atoms with Gasteiger partial charge in [0, 0.05) is 6.42 Å². The Labute approximate surface area is 87.9 Å². The molecule has 0 radical (unpaired) electrons. The van der Waals surface area contributed by atoms with Crippen molar-refractivity contribution < 1.29 is 9.18 Å². The maximum atomic E-state index is 12.8. The number of carbonyl (C=O) groups excluding carboxylic acids is 1. The van der Waals surface area contributed by atoms with Gasteiger partial charge in [0.15, 0.2) is 12.0 Å². The molecule has 2 rings (SSSR count). The molecule has 1 aliphatic rings. The summed E-state index contributed by atoms with van der Waals surface area (Å²) in [6.45, 7) is 0. The second-order valence-corrected chi connectivity index (χ2v) is 3.53. The Bertz CT molecular complexity index is 417. The molecule has 0 spiro atoms. The summed E-state index contributed by atoms with van der Waals surface area (Å²) in [6, 6.07) is 9.69. The zero-order valence-electron chi connectivity index (χ0n) is 8.19. The van der Waals surface area contributed by atoms with Crippen molar-refractivity contribution in [2.24, 2.45) is 0 Å². The molecule has 1 nitrogen and oxygen atoms in total. The van der Waals surface area contributed by atoms with Crippen LogP contribution in [0.5, 0.6) is 0 Å². The third kappa shape index (κ3) is 2.40. The monoisotopic (exact) mass is 202 g/mol.